The molecule has 1 aromatic heterocycles. The molecule has 1 amide bonds. The first-order chi connectivity index (χ1) is 10.7. The number of carbonyl (C=O) groups is 1. The van der Waals surface area contributed by atoms with Gasteiger partial charge in [-0.2, -0.15) is 0 Å². The molecule has 22 heavy (non-hydrogen) atoms. The summed E-state index contributed by atoms with van der Waals surface area (Å²) in [5.74, 6) is 0.342. The summed E-state index contributed by atoms with van der Waals surface area (Å²) in [5.41, 5.74) is 2.55. The Kier molecular flexibility index (Phi) is 4.88. The van der Waals surface area contributed by atoms with Crippen LogP contribution in [0.5, 0.6) is 0 Å². The molecule has 4 heteroatoms. The molecule has 3 rings (SSSR count). The molecule has 0 saturated heterocycles. The number of hydrogen-bond acceptors (Lipinski definition) is 3. The minimum absolute atomic E-state index is 0.129. The van der Waals surface area contributed by atoms with E-state index in [-0.39, 0.29) is 11.8 Å². The van der Waals surface area contributed by atoms with E-state index < -0.39 is 0 Å². The number of carbonyl (C=O) groups excluding carboxylic acids is 1. The maximum atomic E-state index is 12.3. The van der Waals surface area contributed by atoms with Gasteiger partial charge >= 0.3 is 0 Å². The number of aromatic nitrogens is 1. The van der Waals surface area contributed by atoms with Gasteiger partial charge in [-0.05, 0) is 44.6 Å². The first kappa shape index (κ1) is 15.2. The van der Waals surface area contributed by atoms with Gasteiger partial charge in [0, 0.05) is 17.3 Å². The summed E-state index contributed by atoms with van der Waals surface area (Å²) in [7, 11) is 0. The van der Waals surface area contributed by atoms with Crippen LogP contribution in [0.2, 0.25) is 0 Å². The van der Waals surface area contributed by atoms with Gasteiger partial charge in [0.15, 0.2) is 0 Å². The highest BCUT2D eigenvalue weighted by Gasteiger charge is 2.26. The van der Waals surface area contributed by atoms with Crippen LogP contribution in [0.3, 0.4) is 0 Å². The van der Waals surface area contributed by atoms with E-state index in [0.717, 1.165) is 43.7 Å². The van der Waals surface area contributed by atoms with Gasteiger partial charge in [0.05, 0.1) is 10.7 Å². The molecule has 0 bridgehead atoms. The second kappa shape index (κ2) is 7.05. The molecular weight excluding hydrogens is 292 g/mol. The molecule has 0 fully saturated rings. The highest BCUT2D eigenvalue weighted by atomic mass is 32.1. The topological polar surface area (TPSA) is 42.0 Å². The number of amides is 1. The Bertz CT molecular complexity index is 636. The van der Waals surface area contributed by atoms with Crippen LogP contribution in [0.25, 0.3) is 0 Å². The summed E-state index contributed by atoms with van der Waals surface area (Å²) in [5, 5.41) is 4.22. The van der Waals surface area contributed by atoms with E-state index in [0.29, 0.717) is 0 Å². The van der Waals surface area contributed by atoms with Gasteiger partial charge < -0.3 is 5.32 Å². The average Bonchev–Trinajstić information content (AvgIpc) is 2.91. The van der Waals surface area contributed by atoms with Gasteiger partial charge in [-0.25, -0.2) is 4.98 Å². The minimum Gasteiger partial charge on any atom is -0.356 e. The van der Waals surface area contributed by atoms with Crippen LogP contribution in [-0.4, -0.2) is 17.4 Å². The Morgan fingerprint density at radius 1 is 1.36 bits per heavy atom. The van der Waals surface area contributed by atoms with Crippen LogP contribution >= 0.6 is 11.3 Å². The Morgan fingerprint density at radius 3 is 3.00 bits per heavy atom. The SMILES string of the molecule is Cc1nc2c(s1)CC(C(=O)NCCCc1ccccc1)CC2. The fourth-order valence-electron chi connectivity index (χ4n) is 3.02. The minimum atomic E-state index is 0.129. The van der Waals surface area contributed by atoms with Gasteiger partial charge in [0.1, 0.15) is 0 Å². The predicted octanol–water partition coefficient (Wildman–Crippen LogP) is 3.31. The third kappa shape index (κ3) is 3.74. The molecule has 1 aliphatic carbocycles. The second-order valence-electron chi connectivity index (χ2n) is 5.92. The van der Waals surface area contributed by atoms with Gasteiger partial charge in [0.2, 0.25) is 5.91 Å². The number of fused-ring (bicyclic) bond motifs is 1. The molecule has 1 unspecified atom stereocenters. The molecule has 1 aromatic carbocycles. The summed E-state index contributed by atoms with van der Waals surface area (Å²) < 4.78 is 0. The Hall–Kier alpha value is -1.68. The van der Waals surface area contributed by atoms with Crippen molar-refractivity contribution in [1.82, 2.24) is 10.3 Å². The standard InChI is InChI=1S/C18H22N2OS/c1-13-20-16-10-9-15(12-17(16)22-13)18(21)19-11-5-8-14-6-3-2-4-7-14/h2-4,6-7,15H,5,8-12H2,1H3,(H,19,21). The molecular formula is C18H22N2OS. The van der Waals surface area contributed by atoms with Gasteiger partial charge in [-0.15, -0.1) is 11.3 Å². The molecule has 0 spiro atoms. The van der Waals surface area contributed by atoms with Crippen molar-refractivity contribution < 1.29 is 4.79 Å². The number of benzene rings is 1. The van der Waals surface area contributed by atoms with E-state index in [2.05, 4.69) is 34.6 Å². The number of hydrogen-bond donors (Lipinski definition) is 1. The van der Waals surface area contributed by atoms with Crippen molar-refractivity contribution in [3.8, 4) is 0 Å². The van der Waals surface area contributed by atoms with Gasteiger partial charge in [-0.1, -0.05) is 30.3 Å². The van der Waals surface area contributed by atoms with Gasteiger partial charge in [-0.3, -0.25) is 4.79 Å². The lowest BCUT2D eigenvalue weighted by molar-refractivity contribution is -0.125. The number of nitrogens with one attached hydrogen (secondary N) is 1. The second-order valence-corrected chi connectivity index (χ2v) is 7.21. The van der Waals surface area contributed by atoms with Crippen LogP contribution in [0.4, 0.5) is 0 Å². The zero-order chi connectivity index (χ0) is 15.4. The Balaban J connectivity index is 1.43. The highest BCUT2D eigenvalue weighted by molar-refractivity contribution is 7.11. The van der Waals surface area contributed by atoms with Crippen molar-refractivity contribution in [3.63, 3.8) is 0 Å². The summed E-state index contributed by atoms with van der Waals surface area (Å²) in [6.07, 6.45) is 4.76. The number of thiazole rings is 1. The van der Waals surface area contributed by atoms with E-state index in [1.807, 2.05) is 13.0 Å². The molecule has 1 N–H and O–H groups in total. The van der Waals surface area contributed by atoms with E-state index >= 15 is 0 Å². The number of aryl methyl sites for hydroxylation is 3. The van der Waals surface area contributed by atoms with Crippen molar-refractivity contribution in [2.75, 3.05) is 6.54 Å². The van der Waals surface area contributed by atoms with Crippen LogP contribution in [0.1, 0.15) is 34.0 Å². The molecule has 0 saturated carbocycles. The van der Waals surface area contributed by atoms with Crippen LogP contribution in [0, 0.1) is 12.8 Å². The van der Waals surface area contributed by atoms with Crippen molar-refractivity contribution in [1.29, 1.82) is 0 Å². The summed E-state index contributed by atoms with van der Waals surface area (Å²) in [6.45, 7) is 2.81. The van der Waals surface area contributed by atoms with Crippen LogP contribution in [-0.2, 0) is 24.1 Å². The average molecular weight is 314 g/mol. The Labute approximate surface area is 135 Å². The lowest BCUT2D eigenvalue weighted by Crippen LogP contribution is -2.34. The van der Waals surface area contributed by atoms with E-state index in [4.69, 9.17) is 0 Å². The van der Waals surface area contributed by atoms with E-state index in [1.54, 1.807) is 11.3 Å². The number of nitrogens with zero attached hydrogens (tertiary/aromatic N) is 1. The summed E-state index contributed by atoms with van der Waals surface area (Å²) >= 11 is 1.75. The van der Waals surface area contributed by atoms with E-state index in [9.17, 15) is 4.79 Å². The molecule has 2 aromatic rings. The monoisotopic (exact) mass is 314 g/mol. The first-order valence-electron chi connectivity index (χ1n) is 7.99. The summed E-state index contributed by atoms with van der Waals surface area (Å²) in [6, 6.07) is 10.4. The van der Waals surface area contributed by atoms with Crippen molar-refractivity contribution in [3.05, 3.63) is 51.5 Å². The van der Waals surface area contributed by atoms with Crippen molar-refractivity contribution >= 4 is 17.2 Å². The molecule has 1 aliphatic rings. The lowest BCUT2D eigenvalue weighted by atomic mass is 9.90. The Morgan fingerprint density at radius 2 is 2.18 bits per heavy atom. The number of rotatable bonds is 5. The van der Waals surface area contributed by atoms with Crippen molar-refractivity contribution in [2.45, 2.75) is 39.0 Å². The van der Waals surface area contributed by atoms with Crippen molar-refractivity contribution in [2.24, 2.45) is 5.92 Å². The zero-order valence-electron chi connectivity index (χ0n) is 13.0. The largest absolute Gasteiger partial charge is 0.356 e. The molecule has 0 radical (unpaired) electrons. The summed E-state index contributed by atoms with van der Waals surface area (Å²) in [4.78, 5) is 18.2. The smallest absolute Gasteiger partial charge is 0.223 e. The maximum absolute atomic E-state index is 12.3. The van der Waals surface area contributed by atoms with Crippen LogP contribution < -0.4 is 5.32 Å². The first-order valence-corrected chi connectivity index (χ1v) is 8.81. The predicted molar refractivity (Wildman–Crippen MR) is 90.1 cm³/mol. The highest BCUT2D eigenvalue weighted by Crippen LogP contribution is 2.29. The molecule has 0 aliphatic heterocycles. The third-order valence-corrected chi connectivity index (χ3v) is 5.24. The zero-order valence-corrected chi connectivity index (χ0v) is 13.8. The van der Waals surface area contributed by atoms with E-state index in [1.165, 1.54) is 16.1 Å². The molecule has 3 nitrogen and oxygen atoms in total. The fourth-order valence-corrected chi connectivity index (χ4v) is 4.08. The quantitative estimate of drug-likeness (QED) is 0.860. The lowest BCUT2D eigenvalue weighted by Gasteiger charge is -2.20. The third-order valence-electron chi connectivity index (χ3n) is 4.20. The molecule has 1 atom stereocenters. The van der Waals surface area contributed by atoms with Gasteiger partial charge in [0.25, 0.3) is 0 Å². The maximum Gasteiger partial charge on any atom is 0.223 e. The fraction of sp³-hybridized carbons (Fsp3) is 0.444. The molecule has 116 valence electrons. The normalized spacial score (nSPS) is 17.0. The van der Waals surface area contributed by atoms with Crippen LogP contribution in [0.15, 0.2) is 30.3 Å². The molecule has 1 heterocycles.